The Morgan fingerprint density at radius 3 is 2.86 bits per heavy atom. The Labute approximate surface area is 129 Å². The standard InChI is InChI=1S/C16H20FN5/c1-12-3-6-19-16(20-12)22-8-7-21(13(2)10-22)11-14-4-5-18-9-15(14)17/h3-6,9,13H,7-8,10-11H2,1-2H3. The first-order valence-corrected chi connectivity index (χ1v) is 7.50. The van der Waals surface area contributed by atoms with Crippen molar-refractivity contribution in [1.82, 2.24) is 19.9 Å². The van der Waals surface area contributed by atoms with Gasteiger partial charge in [-0.1, -0.05) is 0 Å². The lowest BCUT2D eigenvalue weighted by Gasteiger charge is -2.39. The molecule has 5 nitrogen and oxygen atoms in total. The number of pyridine rings is 1. The molecule has 2 aromatic heterocycles. The fraction of sp³-hybridized carbons (Fsp3) is 0.438. The molecule has 116 valence electrons. The van der Waals surface area contributed by atoms with Gasteiger partial charge in [-0.25, -0.2) is 14.4 Å². The number of aryl methyl sites for hydroxylation is 1. The fourth-order valence-electron chi connectivity index (χ4n) is 2.75. The maximum atomic E-state index is 13.7. The van der Waals surface area contributed by atoms with Crippen LogP contribution in [0.1, 0.15) is 18.2 Å². The molecule has 1 unspecified atom stereocenters. The van der Waals surface area contributed by atoms with E-state index in [1.807, 2.05) is 13.0 Å². The van der Waals surface area contributed by atoms with Crippen LogP contribution in [0.15, 0.2) is 30.7 Å². The van der Waals surface area contributed by atoms with Crippen LogP contribution >= 0.6 is 0 Å². The van der Waals surface area contributed by atoms with E-state index in [4.69, 9.17) is 0 Å². The largest absolute Gasteiger partial charge is 0.338 e. The monoisotopic (exact) mass is 301 g/mol. The smallest absolute Gasteiger partial charge is 0.225 e. The number of anilines is 1. The molecule has 0 aliphatic carbocycles. The average Bonchev–Trinajstić information content (AvgIpc) is 2.51. The summed E-state index contributed by atoms with van der Waals surface area (Å²) in [6.45, 7) is 7.28. The zero-order chi connectivity index (χ0) is 15.5. The highest BCUT2D eigenvalue weighted by Crippen LogP contribution is 2.18. The molecule has 0 spiro atoms. The van der Waals surface area contributed by atoms with Crippen LogP contribution in [0, 0.1) is 12.7 Å². The molecule has 3 heterocycles. The fourth-order valence-corrected chi connectivity index (χ4v) is 2.75. The predicted molar refractivity (Wildman–Crippen MR) is 83.0 cm³/mol. The van der Waals surface area contributed by atoms with Crippen molar-refractivity contribution >= 4 is 5.95 Å². The lowest BCUT2D eigenvalue weighted by atomic mass is 10.1. The third-order valence-electron chi connectivity index (χ3n) is 4.06. The first kappa shape index (κ1) is 14.8. The Hall–Kier alpha value is -2.08. The van der Waals surface area contributed by atoms with Gasteiger partial charge in [-0.15, -0.1) is 0 Å². The van der Waals surface area contributed by atoms with Crippen LogP contribution in [0.4, 0.5) is 10.3 Å². The quantitative estimate of drug-likeness (QED) is 0.868. The zero-order valence-corrected chi connectivity index (χ0v) is 12.9. The summed E-state index contributed by atoms with van der Waals surface area (Å²) in [6.07, 6.45) is 4.71. The van der Waals surface area contributed by atoms with Crippen molar-refractivity contribution in [3.63, 3.8) is 0 Å². The summed E-state index contributed by atoms with van der Waals surface area (Å²) in [5, 5.41) is 0. The van der Waals surface area contributed by atoms with E-state index in [9.17, 15) is 4.39 Å². The lowest BCUT2D eigenvalue weighted by molar-refractivity contribution is 0.178. The van der Waals surface area contributed by atoms with Crippen molar-refractivity contribution in [3.05, 3.63) is 47.8 Å². The van der Waals surface area contributed by atoms with E-state index < -0.39 is 0 Å². The highest BCUT2D eigenvalue weighted by Gasteiger charge is 2.25. The van der Waals surface area contributed by atoms with Crippen LogP contribution in [0.25, 0.3) is 0 Å². The van der Waals surface area contributed by atoms with Crippen LogP contribution in [0.5, 0.6) is 0 Å². The number of nitrogens with zero attached hydrogens (tertiary/aromatic N) is 5. The molecule has 0 N–H and O–H groups in total. The van der Waals surface area contributed by atoms with Gasteiger partial charge in [-0.05, 0) is 26.0 Å². The maximum Gasteiger partial charge on any atom is 0.225 e. The van der Waals surface area contributed by atoms with Gasteiger partial charge in [-0.2, -0.15) is 0 Å². The molecular weight excluding hydrogens is 281 g/mol. The zero-order valence-electron chi connectivity index (χ0n) is 12.9. The van der Waals surface area contributed by atoms with E-state index in [1.54, 1.807) is 18.5 Å². The van der Waals surface area contributed by atoms with Crippen LogP contribution in [0.2, 0.25) is 0 Å². The minimum absolute atomic E-state index is 0.237. The van der Waals surface area contributed by atoms with Crippen LogP contribution in [-0.4, -0.2) is 45.5 Å². The van der Waals surface area contributed by atoms with Crippen molar-refractivity contribution in [1.29, 1.82) is 0 Å². The van der Waals surface area contributed by atoms with E-state index in [0.29, 0.717) is 18.2 Å². The van der Waals surface area contributed by atoms with E-state index in [1.165, 1.54) is 6.20 Å². The van der Waals surface area contributed by atoms with Gasteiger partial charge < -0.3 is 4.90 Å². The second-order valence-corrected chi connectivity index (χ2v) is 5.73. The Bertz CT molecular complexity index is 648. The molecule has 0 bridgehead atoms. The van der Waals surface area contributed by atoms with Crippen molar-refractivity contribution < 1.29 is 4.39 Å². The summed E-state index contributed by atoms with van der Waals surface area (Å²) in [4.78, 5) is 17.1. The molecule has 0 amide bonds. The maximum absolute atomic E-state index is 13.7. The van der Waals surface area contributed by atoms with Crippen LogP contribution < -0.4 is 4.90 Å². The van der Waals surface area contributed by atoms with Gasteiger partial charge in [0.15, 0.2) is 0 Å². The second-order valence-electron chi connectivity index (χ2n) is 5.73. The summed E-state index contributed by atoms with van der Waals surface area (Å²) in [7, 11) is 0. The van der Waals surface area contributed by atoms with Crippen molar-refractivity contribution in [3.8, 4) is 0 Å². The van der Waals surface area contributed by atoms with Crippen LogP contribution in [0.3, 0.4) is 0 Å². The third kappa shape index (κ3) is 3.22. The van der Waals surface area contributed by atoms with Crippen molar-refractivity contribution in [2.75, 3.05) is 24.5 Å². The molecule has 22 heavy (non-hydrogen) atoms. The molecule has 2 aromatic rings. The number of aromatic nitrogens is 3. The van der Waals surface area contributed by atoms with Crippen molar-refractivity contribution in [2.24, 2.45) is 0 Å². The molecule has 1 atom stereocenters. The SMILES string of the molecule is Cc1ccnc(N2CCN(Cc3ccncc3F)C(C)C2)n1. The van der Waals surface area contributed by atoms with Gasteiger partial charge >= 0.3 is 0 Å². The Morgan fingerprint density at radius 1 is 1.27 bits per heavy atom. The second kappa shape index (κ2) is 6.36. The summed E-state index contributed by atoms with van der Waals surface area (Å²) in [6, 6.07) is 3.96. The third-order valence-corrected chi connectivity index (χ3v) is 4.06. The van der Waals surface area contributed by atoms with E-state index in [0.717, 1.165) is 31.3 Å². The summed E-state index contributed by atoms with van der Waals surface area (Å²) in [5.41, 5.74) is 1.67. The van der Waals surface area contributed by atoms with Crippen LogP contribution in [-0.2, 0) is 6.54 Å². The normalized spacial score (nSPS) is 19.4. The Balaban J connectivity index is 1.66. The molecule has 1 fully saturated rings. The molecule has 1 aliphatic heterocycles. The summed E-state index contributed by atoms with van der Waals surface area (Å²) >= 11 is 0. The number of halogens is 1. The number of rotatable bonds is 3. The van der Waals surface area contributed by atoms with Gasteiger partial charge in [-0.3, -0.25) is 9.88 Å². The molecular formula is C16H20FN5. The number of hydrogen-bond acceptors (Lipinski definition) is 5. The van der Waals surface area contributed by atoms with Gasteiger partial charge in [0.05, 0.1) is 6.20 Å². The number of piperazine rings is 1. The minimum Gasteiger partial charge on any atom is -0.338 e. The highest BCUT2D eigenvalue weighted by atomic mass is 19.1. The lowest BCUT2D eigenvalue weighted by Crippen LogP contribution is -2.52. The minimum atomic E-state index is -0.237. The molecule has 0 saturated carbocycles. The average molecular weight is 301 g/mol. The van der Waals surface area contributed by atoms with Gasteiger partial charge in [0.1, 0.15) is 5.82 Å². The first-order valence-electron chi connectivity index (χ1n) is 7.50. The van der Waals surface area contributed by atoms with E-state index in [-0.39, 0.29) is 5.82 Å². The van der Waals surface area contributed by atoms with Gasteiger partial charge in [0.25, 0.3) is 0 Å². The molecule has 3 rings (SSSR count). The number of hydrogen-bond donors (Lipinski definition) is 0. The summed E-state index contributed by atoms with van der Waals surface area (Å²) < 4.78 is 13.7. The first-order chi connectivity index (χ1) is 10.6. The summed E-state index contributed by atoms with van der Waals surface area (Å²) in [5.74, 6) is 0.542. The Morgan fingerprint density at radius 2 is 2.14 bits per heavy atom. The highest BCUT2D eigenvalue weighted by molar-refractivity contribution is 5.31. The topological polar surface area (TPSA) is 45.2 Å². The van der Waals surface area contributed by atoms with Gasteiger partial charge in [0.2, 0.25) is 5.95 Å². The van der Waals surface area contributed by atoms with E-state index >= 15 is 0 Å². The molecule has 1 aliphatic rings. The molecule has 6 heteroatoms. The van der Waals surface area contributed by atoms with E-state index in [2.05, 4.69) is 31.7 Å². The molecule has 0 radical (unpaired) electrons. The van der Waals surface area contributed by atoms with Crippen molar-refractivity contribution in [2.45, 2.75) is 26.4 Å². The predicted octanol–water partition coefficient (Wildman–Crippen LogP) is 2.03. The van der Waals surface area contributed by atoms with Gasteiger partial charge in [0, 0.05) is 55.9 Å². The Kier molecular flexibility index (Phi) is 4.29. The molecule has 1 saturated heterocycles. The molecule has 0 aromatic carbocycles.